The molecule has 0 radical (unpaired) electrons. The molecule has 10 heteroatoms. The van der Waals surface area contributed by atoms with Gasteiger partial charge >= 0.3 is 0 Å². The molecule has 0 amide bonds. The molecule has 106 valence electrons. The third-order valence-corrected chi connectivity index (χ3v) is 3.82. The molecular formula is C10H10N4O5S. The van der Waals surface area contributed by atoms with Crippen LogP contribution in [0.25, 0.3) is 0 Å². The normalized spacial score (nSPS) is 11.1. The van der Waals surface area contributed by atoms with E-state index in [1.165, 1.54) is 19.5 Å². The molecule has 0 fully saturated rings. The average Bonchev–Trinajstić information content (AvgIpc) is 2.89. The topological polar surface area (TPSA) is 127 Å². The number of nitrogens with zero attached hydrogens (tertiary/aromatic N) is 2. The zero-order valence-corrected chi connectivity index (χ0v) is 11.0. The predicted octanol–water partition coefficient (Wildman–Crippen LogP) is 1.13. The van der Waals surface area contributed by atoms with Crippen LogP contribution in [-0.2, 0) is 10.0 Å². The summed E-state index contributed by atoms with van der Waals surface area (Å²) in [4.78, 5) is 9.82. The van der Waals surface area contributed by atoms with Crippen molar-refractivity contribution in [3.8, 4) is 5.75 Å². The third-order valence-electron chi connectivity index (χ3n) is 2.40. The molecule has 1 aromatic heterocycles. The second-order valence-electron chi connectivity index (χ2n) is 3.68. The van der Waals surface area contributed by atoms with Gasteiger partial charge in [-0.3, -0.25) is 19.9 Å². The highest BCUT2D eigenvalue weighted by atomic mass is 32.2. The van der Waals surface area contributed by atoms with Crippen LogP contribution < -0.4 is 9.46 Å². The van der Waals surface area contributed by atoms with Gasteiger partial charge in [0.15, 0.2) is 0 Å². The lowest BCUT2D eigenvalue weighted by atomic mass is 10.3. The van der Waals surface area contributed by atoms with Crippen LogP contribution in [0.2, 0.25) is 0 Å². The number of nitrogens with one attached hydrogen (secondary N) is 2. The number of ether oxygens (including phenoxy) is 1. The van der Waals surface area contributed by atoms with Gasteiger partial charge in [0.2, 0.25) is 0 Å². The van der Waals surface area contributed by atoms with E-state index in [1.807, 2.05) is 0 Å². The number of methoxy groups -OCH3 is 1. The molecule has 0 saturated carbocycles. The van der Waals surface area contributed by atoms with E-state index < -0.39 is 14.9 Å². The van der Waals surface area contributed by atoms with Crippen molar-refractivity contribution in [1.82, 2.24) is 10.2 Å². The molecule has 0 unspecified atom stereocenters. The molecule has 0 bridgehead atoms. The second-order valence-corrected chi connectivity index (χ2v) is 5.34. The van der Waals surface area contributed by atoms with Gasteiger partial charge in [0, 0.05) is 12.3 Å². The molecule has 2 aromatic rings. The lowest BCUT2D eigenvalue weighted by Crippen LogP contribution is -2.13. The molecule has 1 heterocycles. The number of non-ortho nitro benzene ring substituents is 1. The number of anilines is 1. The van der Waals surface area contributed by atoms with Crippen molar-refractivity contribution in [1.29, 1.82) is 0 Å². The van der Waals surface area contributed by atoms with Gasteiger partial charge < -0.3 is 4.74 Å². The van der Waals surface area contributed by atoms with Crippen molar-refractivity contribution < 1.29 is 18.1 Å². The second kappa shape index (κ2) is 5.17. The molecule has 20 heavy (non-hydrogen) atoms. The van der Waals surface area contributed by atoms with Crippen molar-refractivity contribution in [3.63, 3.8) is 0 Å². The number of hydrogen-bond donors (Lipinski definition) is 2. The highest BCUT2D eigenvalue weighted by molar-refractivity contribution is 7.92. The Bertz CT molecular complexity index is 726. The van der Waals surface area contributed by atoms with Crippen molar-refractivity contribution in [2.75, 3.05) is 11.8 Å². The van der Waals surface area contributed by atoms with Crippen LogP contribution in [0.3, 0.4) is 0 Å². The summed E-state index contributed by atoms with van der Waals surface area (Å²) in [7, 11) is -2.69. The number of H-pyrrole nitrogens is 1. The Labute approximate surface area is 113 Å². The summed E-state index contributed by atoms with van der Waals surface area (Å²) in [5.41, 5.74) is -0.0190. The number of aromatic amines is 1. The van der Waals surface area contributed by atoms with Crippen LogP contribution in [0, 0.1) is 10.1 Å². The minimum atomic E-state index is -3.93. The van der Waals surface area contributed by atoms with Gasteiger partial charge in [0.05, 0.1) is 30.0 Å². The summed E-state index contributed by atoms with van der Waals surface area (Å²) in [6.07, 6.45) is 2.64. The van der Waals surface area contributed by atoms with E-state index in [0.29, 0.717) is 0 Å². The van der Waals surface area contributed by atoms with Crippen LogP contribution in [0.5, 0.6) is 5.75 Å². The maximum atomic E-state index is 12.2. The zero-order valence-electron chi connectivity index (χ0n) is 10.2. The molecule has 0 aliphatic rings. The number of rotatable bonds is 5. The van der Waals surface area contributed by atoms with E-state index >= 15 is 0 Å². The van der Waals surface area contributed by atoms with Crippen molar-refractivity contribution in [2.24, 2.45) is 0 Å². The Morgan fingerprint density at radius 2 is 2.20 bits per heavy atom. The third kappa shape index (κ3) is 2.69. The van der Waals surface area contributed by atoms with Crippen LogP contribution >= 0.6 is 0 Å². The van der Waals surface area contributed by atoms with Crippen molar-refractivity contribution in [3.05, 3.63) is 40.7 Å². The van der Waals surface area contributed by atoms with E-state index in [4.69, 9.17) is 4.74 Å². The quantitative estimate of drug-likeness (QED) is 0.629. The molecule has 0 aliphatic carbocycles. The summed E-state index contributed by atoms with van der Waals surface area (Å²) in [6.45, 7) is 0. The highest BCUT2D eigenvalue weighted by Gasteiger charge is 2.22. The van der Waals surface area contributed by atoms with Crippen molar-refractivity contribution in [2.45, 2.75) is 4.90 Å². The molecule has 0 spiro atoms. The van der Waals surface area contributed by atoms with Crippen molar-refractivity contribution >= 4 is 21.4 Å². The highest BCUT2D eigenvalue weighted by Crippen LogP contribution is 2.29. The molecule has 1 aromatic carbocycles. The summed E-state index contributed by atoms with van der Waals surface area (Å²) >= 11 is 0. The van der Waals surface area contributed by atoms with Gasteiger partial charge in [0.25, 0.3) is 15.7 Å². The Morgan fingerprint density at radius 3 is 2.75 bits per heavy atom. The Balaban J connectivity index is 2.43. The Hall–Kier alpha value is -2.62. The first-order valence-electron chi connectivity index (χ1n) is 5.28. The molecule has 0 atom stereocenters. The Kier molecular flexibility index (Phi) is 3.57. The maximum absolute atomic E-state index is 12.2. The summed E-state index contributed by atoms with van der Waals surface area (Å²) in [5, 5.41) is 16.7. The van der Waals surface area contributed by atoms with Crippen LogP contribution in [0.4, 0.5) is 11.4 Å². The fourth-order valence-electron chi connectivity index (χ4n) is 1.51. The first-order chi connectivity index (χ1) is 9.44. The van der Waals surface area contributed by atoms with E-state index in [0.717, 1.165) is 18.2 Å². The van der Waals surface area contributed by atoms with Gasteiger partial charge in [-0.1, -0.05) is 0 Å². The zero-order chi connectivity index (χ0) is 14.8. The SMILES string of the molecule is COc1cc([N+](=O)[O-])ccc1S(=O)(=O)Nc1cn[nH]c1. The van der Waals surface area contributed by atoms with Gasteiger partial charge in [-0.15, -0.1) is 0 Å². The maximum Gasteiger partial charge on any atom is 0.273 e. The van der Waals surface area contributed by atoms with E-state index in [1.54, 1.807) is 0 Å². The number of hydrogen-bond acceptors (Lipinski definition) is 6. The molecule has 2 rings (SSSR count). The van der Waals surface area contributed by atoms with Gasteiger partial charge in [-0.2, -0.15) is 5.10 Å². The van der Waals surface area contributed by atoms with Crippen LogP contribution in [-0.4, -0.2) is 30.6 Å². The number of aromatic nitrogens is 2. The molecular weight excluding hydrogens is 288 g/mol. The molecule has 0 saturated heterocycles. The van der Waals surface area contributed by atoms with E-state index in [2.05, 4.69) is 14.9 Å². The predicted molar refractivity (Wildman–Crippen MR) is 69.0 cm³/mol. The lowest BCUT2D eigenvalue weighted by Gasteiger charge is -2.10. The minimum absolute atomic E-state index is 0.116. The van der Waals surface area contributed by atoms with Gasteiger partial charge in [-0.05, 0) is 6.07 Å². The monoisotopic (exact) mass is 298 g/mol. The molecule has 0 aliphatic heterocycles. The standard InChI is InChI=1S/C10H10N4O5S/c1-19-9-4-8(14(15)16)2-3-10(9)20(17,18)13-7-5-11-12-6-7/h2-6,13H,1H3,(H,11,12). The van der Waals surface area contributed by atoms with Gasteiger partial charge in [-0.25, -0.2) is 8.42 Å². The summed E-state index contributed by atoms with van der Waals surface area (Å²) in [5.74, 6) is -0.116. The van der Waals surface area contributed by atoms with E-state index in [-0.39, 0.29) is 22.0 Å². The summed E-state index contributed by atoms with van der Waals surface area (Å²) in [6, 6.07) is 3.25. The summed E-state index contributed by atoms with van der Waals surface area (Å²) < 4.78 is 31.5. The number of benzene rings is 1. The average molecular weight is 298 g/mol. The minimum Gasteiger partial charge on any atom is -0.495 e. The van der Waals surface area contributed by atoms with Gasteiger partial charge in [0.1, 0.15) is 10.6 Å². The fraction of sp³-hybridized carbons (Fsp3) is 0.100. The largest absolute Gasteiger partial charge is 0.495 e. The Morgan fingerprint density at radius 1 is 1.45 bits per heavy atom. The van der Waals surface area contributed by atoms with Crippen LogP contribution in [0.1, 0.15) is 0 Å². The smallest absolute Gasteiger partial charge is 0.273 e. The molecule has 9 nitrogen and oxygen atoms in total. The van der Waals surface area contributed by atoms with E-state index in [9.17, 15) is 18.5 Å². The number of sulfonamides is 1. The van der Waals surface area contributed by atoms with Crippen LogP contribution in [0.15, 0.2) is 35.5 Å². The number of nitro benzene ring substituents is 1. The first kappa shape index (κ1) is 13.8. The first-order valence-corrected chi connectivity index (χ1v) is 6.76. The lowest BCUT2D eigenvalue weighted by molar-refractivity contribution is -0.385. The fourth-order valence-corrected chi connectivity index (χ4v) is 2.69. The molecule has 2 N–H and O–H groups in total. The number of nitro groups is 1.